The molecule has 2 atom stereocenters. The molecule has 1 saturated heterocycles. The highest BCUT2D eigenvalue weighted by atomic mass is 16.7. The fourth-order valence-electron chi connectivity index (χ4n) is 2.05. The third-order valence-electron chi connectivity index (χ3n) is 3.12. The van der Waals surface area contributed by atoms with Gasteiger partial charge in [-0.1, -0.05) is 45.4 Å². The lowest BCUT2D eigenvalue weighted by molar-refractivity contribution is -0.0616. The molecule has 3 heteroatoms. The van der Waals surface area contributed by atoms with Gasteiger partial charge in [0.1, 0.15) is 0 Å². The molecule has 0 spiro atoms. The molecule has 0 aromatic rings. The zero-order valence-electron chi connectivity index (χ0n) is 10.6. The van der Waals surface area contributed by atoms with Crippen LogP contribution in [0.15, 0.2) is 0 Å². The first-order valence-electron chi connectivity index (χ1n) is 6.84. The van der Waals surface area contributed by atoms with Gasteiger partial charge >= 0.3 is 0 Å². The van der Waals surface area contributed by atoms with E-state index in [9.17, 15) is 0 Å². The first kappa shape index (κ1) is 13.9. The van der Waals surface area contributed by atoms with Crippen molar-refractivity contribution in [3.63, 3.8) is 0 Å². The smallest absolute Gasteiger partial charge is 0.158 e. The molecule has 0 aliphatic carbocycles. The molecular weight excluding hydrogens is 202 g/mol. The molecule has 2 N–H and O–H groups in total. The Morgan fingerprint density at radius 1 is 1.06 bits per heavy atom. The summed E-state index contributed by atoms with van der Waals surface area (Å²) in [5, 5.41) is 0. The summed E-state index contributed by atoms with van der Waals surface area (Å²) in [4.78, 5) is 0. The Balaban J connectivity index is 1.84. The van der Waals surface area contributed by atoms with Crippen LogP contribution in [0.2, 0.25) is 0 Å². The second-order valence-corrected chi connectivity index (χ2v) is 4.67. The summed E-state index contributed by atoms with van der Waals surface area (Å²) in [6, 6.07) is 0. The van der Waals surface area contributed by atoms with Gasteiger partial charge in [0.05, 0.1) is 12.7 Å². The van der Waals surface area contributed by atoms with E-state index in [-0.39, 0.29) is 12.4 Å². The lowest BCUT2D eigenvalue weighted by Gasteiger charge is -2.09. The second kappa shape index (κ2) is 8.97. The van der Waals surface area contributed by atoms with Crippen molar-refractivity contribution in [3.05, 3.63) is 0 Å². The summed E-state index contributed by atoms with van der Waals surface area (Å²) >= 11 is 0. The first-order valence-corrected chi connectivity index (χ1v) is 6.84. The number of hydrogen-bond donors (Lipinski definition) is 1. The largest absolute Gasteiger partial charge is 0.350 e. The van der Waals surface area contributed by atoms with E-state index in [1.54, 1.807) is 0 Å². The Kier molecular flexibility index (Phi) is 7.81. The lowest BCUT2D eigenvalue weighted by Crippen LogP contribution is -2.22. The summed E-state index contributed by atoms with van der Waals surface area (Å²) in [5.41, 5.74) is 5.51. The number of unbranched alkanes of at least 4 members (excludes halogenated alkanes) is 6. The summed E-state index contributed by atoms with van der Waals surface area (Å²) in [6.07, 6.45) is 10.5. The highest BCUT2D eigenvalue weighted by molar-refractivity contribution is 4.65. The molecule has 0 amide bonds. The molecule has 16 heavy (non-hydrogen) atoms. The molecule has 1 aliphatic rings. The number of nitrogens with two attached hydrogens (primary N) is 1. The molecule has 3 nitrogen and oxygen atoms in total. The van der Waals surface area contributed by atoms with Gasteiger partial charge in [-0.3, -0.25) is 0 Å². The minimum Gasteiger partial charge on any atom is -0.350 e. The lowest BCUT2D eigenvalue weighted by atomic mass is 10.1. The van der Waals surface area contributed by atoms with Crippen molar-refractivity contribution in [1.82, 2.24) is 0 Å². The van der Waals surface area contributed by atoms with Crippen molar-refractivity contribution < 1.29 is 9.47 Å². The van der Waals surface area contributed by atoms with Crippen molar-refractivity contribution in [2.75, 3.05) is 13.2 Å². The highest BCUT2D eigenvalue weighted by Crippen LogP contribution is 2.17. The van der Waals surface area contributed by atoms with Gasteiger partial charge in [-0.15, -0.1) is 0 Å². The van der Waals surface area contributed by atoms with E-state index in [1.165, 1.54) is 44.9 Å². The average molecular weight is 229 g/mol. The van der Waals surface area contributed by atoms with Crippen LogP contribution < -0.4 is 5.73 Å². The Labute approximate surface area is 99.7 Å². The van der Waals surface area contributed by atoms with Gasteiger partial charge in [0, 0.05) is 6.54 Å². The molecule has 0 aromatic carbocycles. The minimum absolute atomic E-state index is 0.0178. The van der Waals surface area contributed by atoms with E-state index in [0.29, 0.717) is 13.2 Å². The van der Waals surface area contributed by atoms with Crippen molar-refractivity contribution in [2.45, 2.75) is 70.7 Å². The van der Waals surface area contributed by atoms with Crippen LogP contribution in [0, 0.1) is 0 Å². The third-order valence-corrected chi connectivity index (χ3v) is 3.12. The van der Waals surface area contributed by atoms with Gasteiger partial charge in [0.2, 0.25) is 0 Å². The van der Waals surface area contributed by atoms with E-state index in [2.05, 4.69) is 6.92 Å². The fourth-order valence-corrected chi connectivity index (χ4v) is 2.05. The molecule has 1 fully saturated rings. The van der Waals surface area contributed by atoms with Crippen LogP contribution in [0.3, 0.4) is 0 Å². The molecule has 96 valence electrons. The second-order valence-electron chi connectivity index (χ2n) is 4.67. The normalized spacial score (nSPS) is 25.1. The van der Waals surface area contributed by atoms with Crippen molar-refractivity contribution in [2.24, 2.45) is 5.73 Å². The molecule has 1 rings (SSSR count). The molecule has 1 aliphatic heterocycles. The van der Waals surface area contributed by atoms with E-state index < -0.39 is 0 Å². The standard InChI is InChI=1S/C13H27NO2/c1-2-3-4-5-6-7-8-9-13-15-11-12(10-14)16-13/h12-13H,2-11,14H2,1H3. The molecule has 0 aromatic heterocycles. The fraction of sp³-hybridized carbons (Fsp3) is 1.00. The van der Waals surface area contributed by atoms with Gasteiger partial charge in [0.25, 0.3) is 0 Å². The summed E-state index contributed by atoms with van der Waals surface area (Å²) < 4.78 is 11.1. The Morgan fingerprint density at radius 2 is 1.75 bits per heavy atom. The summed E-state index contributed by atoms with van der Waals surface area (Å²) in [6.45, 7) is 3.51. The van der Waals surface area contributed by atoms with Gasteiger partial charge in [-0.2, -0.15) is 0 Å². The zero-order valence-corrected chi connectivity index (χ0v) is 10.6. The van der Waals surface area contributed by atoms with Crippen molar-refractivity contribution in [1.29, 1.82) is 0 Å². The highest BCUT2D eigenvalue weighted by Gasteiger charge is 2.23. The first-order chi connectivity index (χ1) is 7.86. The van der Waals surface area contributed by atoms with Crippen LogP contribution in [-0.2, 0) is 9.47 Å². The summed E-state index contributed by atoms with van der Waals surface area (Å²) in [5.74, 6) is 0. The van der Waals surface area contributed by atoms with E-state index in [4.69, 9.17) is 15.2 Å². The number of rotatable bonds is 9. The minimum atomic E-state index is 0.0178. The van der Waals surface area contributed by atoms with E-state index >= 15 is 0 Å². The van der Waals surface area contributed by atoms with E-state index in [0.717, 1.165) is 6.42 Å². The van der Waals surface area contributed by atoms with Gasteiger partial charge in [-0.05, 0) is 12.8 Å². The van der Waals surface area contributed by atoms with Gasteiger partial charge in [-0.25, -0.2) is 0 Å². The van der Waals surface area contributed by atoms with Gasteiger partial charge in [0.15, 0.2) is 6.29 Å². The predicted molar refractivity (Wildman–Crippen MR) is 66.3 cm³/mol. The maximum atomic E-state index is 5.61. The van der Waals surface area contributed by atoms with Crippen molar-refractivity contribution >= 4 is 0 Å². The Bertz CT molecular complexity index is 164. The molecule has 2 unspecified atom stereocenters. The summed E-state index contributed by atoms with van der Waals surface area (Å²) in [7, 11) is 0. The molecule has 1 heterocycles. The molecule has 0 radical (unpaired) electrons. The van der Waals surface area contributed by atoms with E-state index in [1.807, 2.05) is 0 Å². The number of hydrogen-bond acceptors (Lipinski definition) is 3. The van der Waals surface area contributed by atoms with Crippen LogP contribution >= 0.6 is 0 Å². The predicted octanol–water partition coefficient (Wildman–Crippen LogP) is 2.83. The third kappa shape index (κ3) is 5.83. The average Bonchev–Trinajstić information content (AvgIpc) is 2.76. The Morgan fingerprint density at radius 3 is 2.38 bits per heavy atom. The van der Waals surface area contributed by atoms with Crippen molar-refractivity contribution in [3.8, 4) is 0 Å². The quantitative estimate of drug-likeness (QED) is 0.618. The molecular formula is C13H27NO2. The SMILES string of the molecule is CCCCCCCCCC1OCC(CN)O1. The van der Waals surface area contributed by atoms with Crippen LogP contribution in [-0.4, -0.2) is 25.5 Å². The molecule has 0 saturated carbocycles. The number of ether oxygens (including phenoxy) is 2. The maximum Gasteiger partial charge on any atom is 0.158 e. The topological polar surface area (TPSA) is 44.5 Å². The van der Waals surface area contributed by atoms with Crippen LogP contribution in [0.4, 0.5) is 0 Å². The Hall–Kier alpha value is -0.120. The van der Waals surface area contributed by atoms with Crippen LogP contribution in [0.5, 0.6) is 0 Å². The zero-order chi connectivity index (χ0) is 11.6. The maximum absolute atomic E-state index is 5.61. The monoisotopic (exact) mass is 229 g/mol. The van der Waals surface area contributed by atoms with Gasteiger partial charge < -0.3 is 15.2 Å². The molecule has 0 bridgehead atoms. The van der Waals surface area contributed by atoms with Crippen LogP contribution in [0.25, 0.3) is 0 Å². The van der Waals surface area contributed by atoms with Crippen LogP contribution in [0.1, 0.15) is 58.3 Å².